The molecule has 0 unspecified atom stereocenters. The Kier molecular flexibility index (Phi) is 12.2. The highest BCUT2D eigenvalue weighted by atomic mass is 32.2. The van der Waals surface area contributed by atoms with E-state index in [2.05, 4.69) is 6.92 Å². The monoisotopic (exact) mass is 584 g/mol. The van der Waals surface area contributed by atoms with Crippen LogP contribution in [0.25, 0.3) is 0 Å². The zero-order chi connectivity index (χ0) is 29.0. The molecule has 9 heteroatoms. The van der Waals surface area contributed by atoms with Gasteiger partial charge < -0.3 is 38.3 Å². The van der Waals surface area contributed by atoms with Crippen molar-refractivity contribution in [3.8, 4) is 17.2 Å². The molecular formula is C32H40O8S. The van der Waals surface area contributed by atoms with Crippen molar-refractivity contribution in [1.29, 1.82) is 0 Å². The quantitative estimate of drug-likeness (QED) is 0.258. The van der Waals surface area contributed by atoms with Gasteiger partial charge in [-0.15, -0.1) is 11.8 Å². The Balaban J connectivity index is 1.47. The molecule has 222 valence electrons. The Morgan fingerprint density at radius 3 is 1.54 bits per heavy atom. The van der Waals surface area contributed by atoms with Crippen LogP contribution in [-0.2, 0) is 38.8 Å². The van der Waals surface area contributed by atoms with Crippen LogP contribution in [0.4, 0.5) is 0 Å². The summed E-state index contributed by atoms with van der Waals surface area (Å²) in [6.45, 7) is 3.31. The predicted molar refractivity (Wildman–Crippen MR) is 159 cm³/mol. The maximum absolute atomic E-state index is 11.5. The zero-order valence-corrected chi connectivity index (χ0v) is 24.9. The highest BCUT2D eigenvalue weighted by Gasteiger charge is 2.47. The molecule has 1 aliphatic heterocycles. The van der Waals surface area contributed by atoms with E-state index in [1.165, 1.54) is 0 Å². The summed E-state index contributed by atoms with van der Waals surface area (Å²) in [5.74, 6) is 3.15. The average Bonchev–Trinajstić information content (AvgIpc) is 3.02. The van der Waals surface area contributed by atoms with Crippen molar-refractivity contribution in [3.05, 3.63) is 89.5 Å². The van der Waals surface area contributed by atoms with Crippen molar-refractivity contribution in [2.24, 2.45) is 0 Å². The maximum Gasteiger partial charge on any atom is 0.132 e. The molecule has 41 heavy (non-hydrogen) atoms. The van der Waals surface area contributed by atoms with Gasteiger partial charge in [-0.3, -0.25) is 0 Å². The van der Waals surface area contributed by atoms with Crippen molar-refractivity contribution >= 4 is 11.8 Å². The van der Waals surface area contributed by atoms with E-state index in [0.29, 0.717) is 19.8 Å². The lowest BCUT2D eigenvalue weighted by atomic mass is 9.99. The zero-order valence-electron chi connectivity index (χ0n) is 24.1. The normalized spacial score (nSPS) is 22.3. The van der Waals surface area contributed by atoms with Crippen LogP contribution >= 0.6 is 11.8 Å². The average molecular weight is 585 g/mol. The number of aliphatic hydroxyl groups is 1. The van der Waals surface area contributed by atoms with Gasteiger partial charge in [0.15, 0.2) is 0 Å². The lowest BCUT2D eigenvalue weighted by molar-refractivity contribution is -0.240. The summed E-state index contributed by atoms with van der Waals surface area (Å²) >= 11 is 1.63. The summed E-state index contributed by atoms with van der Waals surface area (Å²) in [4.78, 5) is 0. The van der Waals surface area contributed by atoms with Crippen LogP contribution in [0.2, 0.25) is 0 Å². The van der Waals surface area contributed by atoms with Gasteiger partial charge in [0.1, 0.15) is 47.1 Å². The topological polar surface area (TPSA) is 84.8 Å². The minimum Gasteiger partial charge on any atom is -0.497 e. The Bertz CT molecular complexity index is 1160. The van der Waals surface area contributed by atoms with E-state index in [1.807, 2.05) is 72.8 Å². The summed E-state index contributed by atoms with van der Waals surface area (Å²) in [6, 6.07) is 23.1. The largest absolute Gasteiger partial charge is 0.497 e. The fourth-order valence-electron chi connectivity index (χ4n) is 4.54. The molecule has 3 aromatic carbocycles. The standard InChI is InChI=1S/C32H40O8S/c1-5-41-32-31(39-20-24-10-16-27(36-4)17-11-24)30(38-19-23-8-14-26(35-3)15-9-23)29(33)28(40-32)21-37-18-22-6-12-25(34-2)13-7-22/h6-17,28-33H,5,18-21H2,1-4H3/t28-,29+,30+,31-,32+/m1/s1. The van der Waals surface area contributed by atoms with Gasteiger partial charge in [-0.25, -0.2) is 0 Å². The number of hydrogen-bond donors (Lipinski definition) is 1. The third-order valence-electron chi connectivity index (χ3n) is 6.86. The Hall–Kier alpha value is -2.79. The van der Waals surface area contributed by atoms with Gasteiger partial charge in [0.2, 0.25) is 0 Å². The van der Waals surface area contributed by atoms with Crippen LogP contribution in [-0.4, -0.2) is 68.6 Å². The Morgan fingerprint density at radius 2 is 1.10 bits per heavy atom. The summed E-state index contributed by atoms with van der Waals surface area (Å²) in [6.07, 6.45) is -2.69. The molecule has 0 saturated carbocycles. The Labute approximate surface area is 246 Å². The third kappa shape index (κ3) is 8.85. The molecule has 1 saturated heterocycles. The van der Waals surface area contributed by atoms with Gasteiger partial charge in [-0.2, -0.15) is 0 Å². The molecule has 0 bridgehead atoms. The van der Waals surface area contributed by atoms with Gasteiger partial charge in [0.05, 0.1) is 47.8 Å². The van der Waals surface area contributed by atoms with Gasteiger partial charge in [0.25, 0.3) is 0 Å². The lowest BCUT2D eigenvalue weighted by Crippen LogP contribution is -2.59. The van der Waals surface area contributed by atoms with E-state index < -0.39 is 24.4 Å². The fourth-order valence-corrected chi connectivity index (χ4v) is 5.51. The van der Waals surface area contributed by atoms with Gasteiger partial charge >= 0.3 is 0 Å². The number of thioether (sulfide) groups is 1. The van der Waals surface area contributed by atoms with Crippen molar-refractivity contribution in [2.45, 2.75) is 56.6 Å². The van der Waals surface area contributed by atoms with Gasteiger partial charge in [-0.05, 0) is 58.8 Å². The van der Waals surface area contributed by atoms with Crippen molar-refractivity contribution in [2.75, 3.05) is 33.7 Å². The second-order valence-corrected chi connectivity index (χ2v) is 11.0. The van der Waals surface area contributed by atoms with Crippen LogP contribution in [0, 0.1) is 0 Å². The number of rotatable bonds is 15. The highest BCUT2D eigenvalue weighted by molar-refractivity contribution is 7.99. The van der Waals surface area contributed by atoms with Crippen molar-refractivity contribution in [3.63, 3.8) is 0 Å². The first-order valence-electron chi connectivity index (χ1n) is 13.7. The molecule has 4 rings (SSSR count). The van der Waals surface area contributed by atoms with E-state index in [4.69, 9.17) is 33.2 Å². The summed E-state index contributed by atoms with van der Waals surface area (Å²) in [5, 5.41) is 11.5. The first-order chi connectivity index (χ1) is 20.0. The Morgan fingerprint density at radius 1 is 0.659 bits per heavy atom. The second kappa shape index (κ2) is 16.0. The second-order valence-electron chi connectivity index (χ2n) is 9.60. The van der Waals surface area contributed by atoms with Crippen LogP contribution in [0.15, 0.2) is 72.8 Å². The molecular weight excluding hydrogens is 544 g/mol. The summed E-state index contributed by atoms with van der Waals surface area (Å²) in [5.41, 5.74) is 2.60. The third-order valence-corrected chi connectivity index (χ3v) is 7.90. The predicted octanol–water partition coefficient (Wildman–Crippen LogP) is 5.24. The lowest BCUT2D eigenvalue weighted by Gasteiger charge is -2.44. The van der Waals surface area contributed by atoms with Crippen LogP contribution in [0.5, 0.6) is 17.2 Å². The van der Waals surface area contributed by atoms with Crippen LogP contribution in [0.3, 0.4) is 0 Å². The first-order valence-corrected chi connectivity index (χ1v) is 14.7. The molecule has 1 N–H and O–H groups in total. The summed E-state index contributed by atoms with van der Waals surface area (Å²) < 4.78 is 41.0. The highest BCUT2D eigenvalue weighted by Crippen LogP contribution is 2.34. The minimum absolute atomic E-state index is 0.210. The molecule has 5 atom stereocenters. The molecule has 0 radical (unpaired) electrons. The van der Waals surface area contributed by atoms with E-state index in [9.17, 15) is 5.11 Å². The first kappa shape index (κ1) is 31.2. The molecule has 1 heterocycles. The number of methoxy groups -OCH3 is 3. The van der Waals surface area contributed by atoms with E-state index in [-0.39, 0.29) is 12.0 Å². The van der Waals surface area contributed by atoms with E-state index in [1.54, 1.807) is 33.1 Å². The minimum atomic E-state index is -0.960. The molecule has 3 aromatic rings. The number of hydrogen-bond acceptors (Lipinski definition) is 9. The summed E-state index contributed by atoms with van der Waals surface area (Å²) in [7, 11) is 4.91. The SMILES string of the molecule is CCS[C@@H]1O[C@H](COCc2ccc(OC)cc2)[C@H](O)[C@H](OCc2ccc(OC)cc2)[C@H]1OCc1ccc(OC)cc1. The van der Waals surface area contributed by atoms with Gasteiger partial charge in [0, 0.05) is 0 Å². The van der Waals surface area contributed by atoms with Crippen LogP contribution in [0.1, 0.15) is 23.6 Å². The smallest absolute Gasteiger partial charge is 0.132 e. The number of benzene rings is 3. The number of ether oxygens (including phenoxy) is 7. The van der Waals surface area contributed by atoms with Gasteiger partial charge in [-0.1, -0.05) is 43.3 Å². The van der Waals surface area contributed by atoms with E-state index >= 15 is 0 Å². The molecule has 0 spiro atoms. The molecule has 8 nitrogen and oxygen atoms in total. The van der Waals surface area contributed by atoms with Crippen molar-refractivity contribution < 1.29 is 38.3 Å². The fraction of sp³-hybridized carbons (Fsp3) is 0.438. The van der Waals surface area contributed by atoms with E-state index in [0.717, 1.165) is 39.7 Å². The molecule has 1 fully saturated rings. The molecule has 0 amide bonds. The number of aliphatic hydroxyl groups excluding tert-OH is 1. The molecule has 0 aliphatic carbocycles. The van der Waals surface area contributed by atoms with Crippen LogP contribution < -0.4 is 14.2 Å². The maximum atomic E-state index is 11.5. The van der Waals surface area contributed by atoms with Crippen molar-refractivity contribution in [1.82, 2.24) is 0 Å². The molecule has 0 aromatic heterocycles. The molecule has 1 aliphatic rings.